The van der Waals surface area contributed by atoms with Crippen molar-refractivity contribution >= 4 is 0 Å². The van der Waals surface area contributed by atoms with Gasteiger partial charge in [-0.05, 0) is 38.0 Å². The summed E-state index contributed by atoms with van der Waals surface area (Å²) in [6.07, 6.45) is 1.36. The summed E-state index contributed by atoms with van der Waals surface area (Å²) in [6.45, 7) is 6.28. The van der Waals surface area contributed by atoms with Crippen molar-refractivity contribution < 1.29 is 4.74 Å². The van der Waals surface area contributed by atoms with E-state index in [4.69, 9.17) is 4.74 Å². The van der Waals surface area contributed by atoms with E-state index in [9.17, 15) is 0 Å². The molecule has 0 heterocycles. The van der Waals surface area contributed by atoms with Gasteiger partial charge in [-0.25, -0.2) is 0 Å². The lowest BCUT2D eigenvalue weighted by Gasteiger charge is -2.12. The Morgan fingerprint density at radius 3 is 2.75 bits per heavy atom. The minimum Gasteiger partial charge on any atom is -0.491 e. The largest absolute Gasteiger partial charge is 0.491 e. The molecule has 0 radical (unpaired) electrons. The molecule has 66 valence electrons. The van der Waals surface area contributed by atoms with E-state index in [1.54, 1.807) is 0 Å². The Labute approximate surface area is 74.4 Å². The summed E-state index contributed by atoms with van der Waals surface area (Å²) in [4.78, 5) is 0. The molecule has 1 aromatic carbocycles. The van der Waals surface area contributed by atoms with Crippen LogP contribution in [0.1, 0.15) is 25.8 Å². The average molecular weight is 164 g/mol. The van der Waals surface area contributed by atoms with Gasteiger partial charge in [-0.2, -0.15) is 0 Å². The maximum Gasteiger partial charge on any atom is 0.119 e. The van der Waals surface area contributed by atoms with Gasteiger partial charge >= 0.3 is 0 Å². The second kappa shape index (κ2) is 4.15. The first kappa shape index (κ1) is 9.11. The predicted octanol–water partition coefficient (Wildman–Crippen LogP) is 3.17. The Bertz CT molecular complexity index is 243. The van der Waals surface area contributed by atoms with E-state index < -0.39 is 0 Å². The van der Waals surface area contributed by atoms with Crippen LogP contribution < -0.4 is 4.74 Å². The quantitative estimate of drug-likeness (QED) is 0.666. The average Bonchev–Trinajstić information content (AvgIpc) is 2.04. The summed E-state index contributed by atoms with van der Waals surface area (Å²) in [5.74, 6) is 0.976. The minimum absolute atomic E-state index is 0.312. The molecule has 0 amide bonds. The van der Waals surface area contributed by atoms with Gasteiger partial charge in [0.15, 0.2) is 0 Å². The Kier molecular flexibility index (Phi) is 3.15. The zero-order valence-electron chi connectivity index (χ0n) is 8.00. The van der Waals surface area contributed by atoms with E-state index in [1.807, 2.05) is 12.1 Å². The van der Waals surface area contributed by atoms with Crippen molar-refractivity contribution in [2.45, 2.75) is 33.3 Å². The first-order valence-electron chi connectivity index (χ1n) is 4.45. The molecule has 0 aliphatic heterocycles. The van der Waals surface area contributed by atoms with Gasteiger partial charge in [0.1, 0.15) is 5.75 Å². The van der Waals surface area contributed by atoms with Crippen molar-refractivity contribution in [2.75, 3.05) is 0 Å². The lowest BCUT2D eigenvalue weighted by atomic mass is 10.2. The molecule has 0 fully saturated rings. The van der Waals surface area contributed by atoms with E-state index in [0.29, 0.717) is 6.10 Å². The molecule has 0 spiro atoms. The van der Waals surface area contributed by atoms with Gasteiger partial charge < -0.3 is 4.74 Å². The molecule has 0 aliphatic rings. The van der Waals surface area contributed by atoms with E-state index in [0.717, 1.165) is 12.2 Å². The fraction of sp³-hybridized carbons (Fsp3) is 0.455. The molecule has 0 bridgehead atoms. The SMILES string of the molecule is CCC(C)Oc1cccc(C)c1. The third-order valence-corrected chi connectivity index (χ3v) is 1.90. The van der Waals surface area contributed by atoms with Gasteiger partial charge in [0, 0.05) is 0 Å². The number of benzene rings is 1. The van der Waals surface area contributed by atoms with Gasteiger partial charge in [-0.1, -0.05) is 19.1 Å². The molecule has 1 atom stereocenters. The number of rotatable bonds is 3. The van der Waals surface area contributed by atoms with Crippen molar-refractivity contribution in [3.05, 3.63) is 29.8 Å². The minimum atomic E-state index is 0.312. The molecule has 12 heavy (non-hydrogen) atoms. The standard InChI is InChI=1S/C11H16O/c1-4-10(3)12-11-7-5-6-9(2)8-11/h5-8,10H,4H2,1-3H3. The number of hydrogen-bond acceptors (Lipinski definition) is 1. The summed E-state index contributed by atoms with van der Waals surface area (Å²) in [7, 11) is 0. The summed E-state index contributed by atoms with van der Waals surface area (Å²) < 4.78 is 5.64. The first-order chi connectivity index (χ1) is 5.72. The molecule has 1 rings (SSSR count). The van der Waals surface area contributed by atoms with E-state index >= 15 is 0 Å². The van der Waals surface area contributed by atoms with Crippen LogP contribution in [0.25, 0.3) is 0 Å². The molecule has 0 N–H and O–H groups in total. The molecule has 1 heteroatoms. The highest BCUT2D eigenvalue weighted by molar-refractivity contribution is 5.27. The van der Waals surface area contributed by atoms with Crippen LogP contribution >= 0.6 is 0 Å². The van der Waals surface area contributed by atoms with Crippen molar-refractivity contribution in [3.63, 3.8) is 0 Å². The van der Waals surface area contributed by atoms with Crippen LogP contribution in [-0.4, -0.2) is 6.10 Å². The first-order valence-corrected chi connectivity index (χ1v) is 4.45. The molecule has 1 aromatic rings. The lowest BCUT2D eigenvalue weighted by Crippen LogP contribution is -2.09. The third-order valence-electron chi connectivity index (χ3n) is 1.90. The highest BCUT2D eigenvalue weighted by Crippen LogP contribution is 2.14. The molecule has 0 saturated carbocycles. The number of aryl methyl sites for hydroxylation is 1. The molecule has 0 aliphatic carbocycles. The van der Waals surface area contributed by atoms with Crippen LogP contribution in [0.4, 0.5) is 0 Å². The van der Waals surface area contributed by atoms with Crippen molar-refractivity contribution in [2.24, 2.45) is 0 Å². The molecule has 1 nitrogen and oxygen atoms in total. The highest BCUT2D eigenvalue weighted by atomic mass is 16.5. The van der Waals surface area contributed by atoms with E-state index in [-0.39, 0.29) is 0 Å². The zero-order valence-corrected chi connectivity index (χ0v) is 8.00. The van der Waals surface area contributed by atoms with Crippen LogP contribution in [0.2, 0.25) is 0 Å². The zero-order chi connectivity index (χ0) is 8.97. The van der Waals surface area contributed by atoms with Crippen LogP contribution in [0.5, 0.6) is 5.75 Å². The Hall–Kier alpha value is -0.980. The van der Waals surface area contributed by atoms with Crippen molar-refractivity contribution in [3.8, 4) is 5.75 Å². The lowest BCUT2D eigenvalue weighted by molar-refractivity contribution is 0.217. The van der Waals surface area contributed by atoms with Crippen LogP contribution in [0, 0.1) is 6.92 Å². The maximum atomic E-state index is 5.64. The van der Waals surface area contributed by atoms with Crippen molar-refractivity contribution in [1.82, 2.24) is 0 Å². The van der Waals surface area contributed by atoms with Gasteiger partial charge in [0.2, 0.25) is 0 Å². The topological polar surface area (TPSA) is 9.23 Å². The van der Waals surface area contributed by atoms with Crippen LogP contribution in [-0.2, 0) is 0 Å². The smallest absolute Gasteiger partial charge is 0.119 e. The van der Waals surface area contributed by atoms with Gasteiger partial charge in [0.25, 0.3) is 0 Å². The normalized spacial score (nSPS) is 12.6. The Balaban J connectivity index is 2.63. The highest BCUT2D eigenvalue weighted by Gasteiger charge is 1.99. The summed E-state index contributed by atoms with van der Waals surface area (Å²) in [5, 5.41) is 0. The monoisotopic (exact) mass is 164 g/mol. The summed E-state index contributed by atoms with van der Waals surface area (Å²) >= 11 is 0. The van der Waals surface area contributed by atoms with Crippen LogP contribution in [0.3, 0.4) is 0 Å². The van der Waals surface area contributed by atoms with Gasteiger partial charge in [-0.3, -0.25) is 0 Å². The Morgan fingerprint density at radius 2 is 2.17 bits per heavy atom. The maximum absolute atomic E-state index is 5.64. The Morgan fingerprint density at radius 1 is 1.42 bits per heavy atom. The van der Waals surface area contributed by atoms with Crippen molar-refractivity contribution in [1.29, 1.82) is 0 Å². The second-order valence-electron chi connectivity index (χ2n) is 3.15. The predicted molar refractivity (Wildman–Crippen MR) is 51.6 cm³/mol. The number of hydrogen-bond donors (Lipinski definition) is 0. The molecular formula is C11H16O. The summed E-state index contributed by atoms with van der Waals surface area (Å²) in [5.41, 5.74) is 1.25. The fourth-order valence-electron chi connectivity index (χ4n) is 1.00. The summed E-state index contributed by atoms with van der Waals surface area (Å²) in [6, 6.07) is 8.15. The van der Waals surface area contributed by atoms with Gasteiger partial charge in [-0.15, -0.1) is 0 Å². The molecule has 0 saturated heterocycles. The third kappa shape index (κ3) is 2.57. The van der Waals surface area contributed by atoms with Gasteiger partial charge in [0.05, 0.1) is 6.10 Å². The molecule has 0 aromatic heterocycles. The van der Waals surface area contributed by atoms with E-state index in [2.05, 4.69) is 32.9 Å². The van der Waals surface area contributed by atoms with E-state index in [1.165, 1.54) is 5.56 Å². The van der Waals surface area contributed by atoms with Crippen LogP contribution in [0.15, 0.2) is 24.3 Å². The number of ether oxygens (including phenoxy) is 1. The fourth-order valence-corrected chi connectivity index (χ4v) is 1.00. The molecule has 1 unspecified atom stereocenters. The molecular weight excluding hydrogens is 148 g/mol. The second-order valence-corrected chi connectivity index (χ2v) is 3.15.